The molecular formula is C16H25N. The van der Waals surface area contributed by atoms with Crippen molar-refractivity contribution in [2.45, 2.75) is 45.4 Å². The quantitative estimate of drug-likeness (QED) is 0.817. The van der Waals surface area contributed by atoms with Gasteiger partial charge in [0.15, 0.2) is 0 Å². The lowest BCUT2D eigenvalue weighted by Gasteiger charge is -2.29. The molecule has 1 N–H and O–H groups in total. The molecule has 0 aromatic heterocycles. The molecule has 2 rings (SSSR count). The molecule has 1 aliphatic rings. The van der Waals surface area contributed by atoms with Crippen LogP contribution in [-0.4, -0.2) is 13.6 Å². The van der Waals surface area contributed by atoms with Crippen molar-refractivity contribution in [2.24, 2.45) is 5.41 Å². The Morgan fingerprint density at radius 1 is 1.06 bits per heavy atom. The van der Waals surface area contributed by atoms with E-state index in [9.17, 15) is 0 Å². The molecule has 1 fully saturated rings. The van der Waals surface area contributed by atoms with Crippen LogP contribution in [-0.2, 0) is 12.8 Å². The fraction of sp³-hybridized carbons (Fsp3) is 0.625. The van der Waals surface area contributed by atoms with Crippen LogP contribution in [0.15, 0.2) is 24.3 Å². The van der Waals surface area contributed by atoms with E-state index in [1.165, 1.54) is 49.8 Å². The van der Waals surface area contributed by atoms with E-state index in [0.717, 1.165) is 6.42 Å². The molecule has 0 amide bonds. The van der Waals surface area contributed by atoms with Crippen LogP contribution < -0.4 is 5.32 Å². The lowest BCUT2D eigenvalue weighted by Crippen LogP contribution is -2.32. The second-order valence-electron chi connectivity index (χ2n) is 5.58. The SMILES string of the molecule is CCc1ccc(CC2(CNC)CCCC2)cc1. The summed E-state index contributed by atoms with van der Waals surface area (Å²) in [7, 11) is 2.08. The van der Waals surface area contributed by atoms with Crippen molar-refractivity contribution in [2.75, 3.05) is 13.6 Å². The average molecular weight is 231 g/mol. The zero-order valence-corrected chi connectivity index (χ0v) is 11.3. The Morgan fingerprint density at radius 3 is 2.18 bits per heavy atom. The van der Waals surface area contributed by atoms with E-state index in [4.69, 9.17) is 0 Å². The van der Waals surface area contributed by atoms with Crippen LogP contribution >= 0.6 is 0 Å². The third kappa shape index (κ3) is 3.10. The zero-order valence-electron chi connectivity index (χ0n) is 11.3. The molecule has 0 saturated heterocycles. The molecule has 0 aliphatic heterocycles. The Morgan fingerprint density at radius 2 is 1.65 bits per heavy atom. The molecule has 1 nitrogen and oxygen atoms in total. The molecule has 0 heterocycles. The highest BCUT2D eigenvalue weighted by Crippen LogP contribution is 2.40. The first-order valence-corrected chi connectivity index (χ1v) is 7.00. The summed E-state index contributed by atoms with van der Waals surface area (Å²) >= 11 is 0. The van der Waals surface area contributed by atoms with Crippen molar-refractivity contribution in [1.82, 2.24) is 5.32 Å². The van der Waals surface area contributed by atoms with Gasteiger partial charge < -0.3 is 5.32 Å². The van der Waals surface area contributed by atoms with Gasteiger partial charge in [-0.3, -0.25) is 0 Å². The van der Waals surface area contributed by atoms with Crippen molar-refractivity contribution in [3.05, 3.63) is 35.4 Å². The van der Waals surface area contributed by atoms with Gasteiger partial charge in [0.25, 0.3) is 0 Å². The van der Waals surface area contributed by atoms with E-state index in [-0.39, 0.29) is 0 Å². The summed E-state index contributed by atoms with van der Waals surface area (Å²) in [4.78, 5) is 0. The van der Waals surface area contributed by atoms with Crippen molar-refractivity contribution in [1.29, 1.82) is 0 Å². The molecule has 0 atom stereocenters. The Hall–Kier alpha value is -0.820. The van der Waals surface area contributed by atoms with E-state index < -0.39 is 0 Å². The average Bonchev–Trinajstić information content (AvgIpc) is 2.79. The van der Waals surface area contributed by atoms with Gasteiger partial charge in [-0.1, -0.05) is 44.0 Å². The molecule has 1 saturated carbocycles. The van der Waals surface area contributed by atoms with Crippen LogP contribution in [0.25, 0.3) is 0 Å². The predicted octanol–water partition coefficient (Wildman–Crippen LogP) is 3.57. The standard InChI is InChI=1S/C16H25N/c1-3-14-6-8-15(9-7-14)12-16(13-17-2)10-4-5-11-16/h6-9,17H,3-5,10-13H2,1-2H3. The number of aryl methyl sites for hydroxylation is 1. The van der Waals surface area contributed by atoms with Gasteiger partial charge in [-0.25, -0.2) is 0 Å². The summed E-state index contributed by atoms with van der Waals surface area (Å²) in [6.07, 6.45) is 8.00. The van der Waals surface area contributed by atoms with E-state index in [1.807, 2.05) is 0 Å². The monoisotopic (exact) mass is 231 g/mol. The Kier molecular flexibility index (Phi) is 4.22. The highest BCUT2D eigenvalue weighted by molar-refractivity contribution is 5.23. The molecule has 0 spiro atoms. The number of hydrogen-bond acceptors (Lipinski definition) is 1. The summed E-state index contributed by atoms with van der Waals surface area (Å²) in [5.74, 6) is 0. The Labute approximate surface area is 106 Å². The van der Waals surface area contributed by atoms with Gasteiger partial charge in [-0.15, -0.1) is 0 Å². The second-order valence-corrected chi connectivity index (χ2v) is 5.58. The van der Waals surface area contributed by atoms with Gasteiger partial charge in [0.1, 0.15) is 0 Å². The van der Waals surface area contributed by atoms with Gasteiger partial charge in [0.05, 0.1) is 0 Å². The number of hydrogen-bond donors (Lipinski definition) is 1. The zero-order chi connectivity index (χ0) is 12.1. The molecule has 94 valence electrons. The predicted molar refractivity (Wildman–Crippen MR) is 74.4 cm³/mol. The first-order chi connectivity index (χ1) is 8.28. The van der Waals surface area contributed by atoms with Crippen LogP contribution in [0.2, 0.25) is 0 Å². The normalized spacial score (nSPS) is 18.5. The first kappa shape index (κ1) is 12.6. The molecule has 0 bridgehead atoms. The van der Waals surface area contributed by atoms with Crippen molar-refractivity contribution in [3.63, 3.8) is 0 Å². The highest BCUT2D eigenvalue weighted by atomic mass is 14.8. The van der Waals surface area contributed by atoms with E-state index >= 15 is 0 Å². The second kappa shape index (κ2) is 5.68. The fourth-order valence-corrected chi connectivity index (χ4v) is 3.24. The molecular weight excluding hydrogens is 206 g/mol. The Bertz CT molecular complexity index is 333. The van der Waals surface area contributed by atoms with Gasteiger partial charge >= 0.3 is 0 Å². The molecule has 1 aromatic rings. The van der Waals surface area contributed by atoms with Crippen molar-refractivity contribution >= 4 is 0 Å². The number of benzene rings is 1. The van der Waals surface area contributed by atoms with Crippen LogP contribution in [0.4, 0.5) is 0 Å². The molecule has 0 unspecified atom stereocenters. The summed E-state index contributed by atoms with van der Waals surface area (Å²) in [5, 5.41) is 3.39. The smallest absolute Gasteiger partial charge is 0.000799 e. The molecule has 1 aliphatic carbocycles. The van der Waals surface area contributed by atoms with Gasteiger partial charge in [0, 0.05) is 6.54 Å². The van der Waals surface area contributed by atoms with Crippen LogP contribution in [0.1, 0.15) is 43.7 Å². The third-order valence-electron chi connectivity index (χ3n) is 4.23. The molecule has 1 heteroatoms. The van der Waals surface area contributed by atoms with Crippen molar-refractivity contribution in [3.8, 4) is 0 Å². The Balaban J connectivity index is 2.06. The first-order valence-electron chi connectivity index (χ1n) is 7.00. The maximum absolute atomic E-state index is 3.39. The van der Waals surface area contributed by atoms with Gasteiger partial charge in [0.2, 0.25) is 0 Å². The minimum absolute atomic E-state index is 0.530. The molecule has 17 heavy (non-hydrogen) atoms. The van der Waals surface area contributed by atoms with E-state index in [0.29, 0.717) is 5.41 Å². The number of nitrogens with one attached hydrogen (secondary N) is 1. The molecule has 0 radical (unpaired) electrons. The summed E-state index contributed by atoms with van der Waals surface area (Å²) < 4.78 is 0. The van der Waals surface area contributed by atoms with Crippen LogP contribution in [0, 0.1) is 5.41 Å². The van der Waals surface area contributed by atoms with Gasteiger partial charge in [-0.05, 0) is 49.3 Å². The number of rotatable bonds is 5. The van der Waals surface area contributed by atoms with E-state index in [2.05, 4.69) is 43.6 Å². The largest absolute Gasteiger partial charge is 0.319 e. The minimum atomic E-state index is 0.530. The highest BCUT2D eigenvalue weighted by Gasteiger charge is 2.32. The van der Waals surface area contributed by atoms with Crippen LogP contribution in [0.5, 0.6) is 0 Å². The third-order valence-corrected chi connectivity index (χ3v) is 4.23. The fourth-order valence-electron chi connectivity index (χ4n) is 3.24. The van der Waals surface area contributed by atoms with E-state index in [1.54, 1.807) is 0 Å². The summed E-state index contributed by atoms with van der Waals surface area (Å²) in [6.45, 7) is 3.39. The molecule has 1 aromatic carbocycles. The topological polar surface area (TPSA) is 12.0 Å². The van der Waals surface area contributed by atoms with Crippen molar-refractivity contribution < 1.29 is 0 Å². The van der Waals surface area contributed by atoms with Gasteiger partial charge in [-0.2, -0.15) is 0 Å². The summed E-state index contributed by atoms with van der Waals surface area (Å²) in [6, 6.07) is 9.23. The minimum Gasteiger partial charge on any atom is -0.319 e. The lowest BCUT2D eigenvalue weighted by atomic mass is 9.80. The summed E-state index contributed by atoms with van der Waals surface area (Å²) in [5.41, 5.74) is 3.49. The van der Waals surface area contributed by atoms with Crippen LogP contribution in [0.3, 0.4) is 0 Å². The maximum atomic E-state index is 3.39. The maximum Gasteiger partial charge on any atom is 0.000799 e. The lowest BCUT2D eigenvalue weighted by molar-refractivity contribution is 0.286.